The fourth-order valence-corrected chi connectivity index (χ4v) is 3.37. The Morgan fingerprint density at radius 1 is 0.958 bits per heavy atom. The first-order valence-corrected chi connectivity index (χ1v) is 8.92. The molecule has 0 fully saturated rings. The summed E-state index contributed by atoms with van der Waals surface area (Å²) in [6, 6.07) is 16.1. The first-order valence-electron chi connectivity index (χ1n) is 7.94. The Morgan fingerprint density at radius 2 is 1.71 bits per heavy atom. The van der Waals surface area contributed by atoms with Crippen LogP contribution in [-0.2, 0) is 0 Å². The predicted molar refractivity (Wildman–Crippen MR) is 100 cm³/mol. The lowest BCUT2D eigenvalue weighted by Gasteiger charge is -2.09. The maximum absolute atomic E-state index is 5.76. The van der Waals surface area contributed by atoms with Gasteiger partial charge in [0.2, 0.25) is 0 Å². The Kier molecular flexibility index (Phi) is 5.26. The average Bonchev–Trinajstić information content (AvgIpc) is 2.60. The molecule has 0 aliphatic heterocycles. The van der Waals surface area contributed by atoms with Gasteiger partial charge in [-0.2, -0.15) is 0 Å². The van der Waals surface area contributed by atoms with Gasteiger partial charge in [0.15, 0.2) is 0 Å². The monoisotopic (exact) mass is 339 g/mol. The Hall–Kier alpha value is -2.20. The molecule has 3 aromatic rings. The van der Waals surface area contributed by atoms with E-state index < -0.39 is 0 Å². The highest BCUT2D eigenvalue weighted by Gasteiger charge is 2.05. The van der Waals surface area contributed by atoms with Crippen LogP contribution in [0.15, 0.2) is 53.6 Å². The Morgan fingerprint density at radius 3 is 2.46 bits per heavy atom. The lowest BCUT2D eigenvalue weighted by atomic mass is 10.1. The zero-order valence-electron chi connectivity index (χ0n) is 14.2. The number of methoxy groups -OCH3 is 1. The number of fused-ring (bicyclic) bond motifs is 1. The fraction of sp³-hybridized carbons (Fsp3) is 0.250. The standard InChI is InChI=1S/C20H21NO2S/c1-14-5-4-6-18-15(2)13-19(21-20(14)18)24-12-11-23-17-9-7-16(22-3)8-10-17/h4-10,13H,11-12H2,1-3H3. The molecule has 0 unspecified atom stereocenters. The normalized spacial score (nSPS) is 10.8. The van der Waals surface area contributed by atoms with Crippen molar-refractivity contribution in [3.8, 4) is 11.5 Å². The number of ether oxygens (including phenoxy) is 2. The van der Waals surface area contributed by atoms with Crippen molar-refractivity contribution in [3.63, 3.8) is 0 Å². The quantitative estimate of drug-likeness (QED) is 0.465. The zero-order valence-corrected chi connectivity index (χ0v) is 15.0. The maximum atomic E-state index is 5.76. The van der Waals surface area contributed by atoms with Crippen molar-refractivity contribution in [2.45, 2.75) is 18.9 Å². The van der Waals surface area contributed by atoms with Gasteiger partial charge in [0, 0.05) is 11.1 Å². The van der Waals surface area contributed by atoms with Crippen LogP contribution in [0.3, 0.4) is 0 Å². The van der Waals surface area contributed by atoms with E-state index in [0.29, 0.717) is 6.61 Å². The molecule has 0 spiro atoms. The van der Waals surface area contributed by atoms with Crippen molar-refractivity contribution in [2.24, 2.45) is 0 Å². The third kappa shape index (κ3) is 3.82. The van der Waals surface area contributed by atoms with Gasteiger partial charge >= 0.3 is 0 Å². The number of benzene rings is 2. The van der Waals surface area contributed by atoms with Crippen LogP contribution in [0.2, 0.25) is 0 Å². The third-order valence-corrected chi connectivity index (χ3v) is 4.76. The smallest absolute Gasteiger partial charge is 0.119 e. The lowest BCUT2D eigenvalue weighted by molar-refractivity contribution is 0.342. The molecule has 0 bridgehead atoms. The summed E-state index contributed by atoms with van der Waals surface area (Å²) in [6.07, 6.45) is 0. The number of nitrogens with zero attached hydrogens (tertiary/aromatic N) is 1. The highest BCUT2D eigenvalue weighted by atomic mass is 32.2. The van der Waals surface area contributed by atoms with E-state index in [-0.39, 0.29) is 0 Å². The molecule has 0 amide bonds. The van der Waals surface area contributed by atoms with Crippen LogP contribution in [0.4, 0.5) is 0 Å². The minimum absolute atomic E-state index is 0.642. The van der Waals surface area contributed by atoms with E-state index in [1.807, 2.05) is 24.3 Å². The van der Waals surface area contributed by atoms with Crippen molar-refractivity contribution >= 4 is 22.7 Å². The Bertz CT molecular complexity index is 831. The highest BCUT2D eigenvalue weighted by Crippen LogP contribution is 2.25. The molecule has 3 rings (SSSR count). The number of aromatic nitrogens is 1. The average molecular weight is 339 g/mol. The molecule has 1 heterocycles. The van der Waals surface area contributed by atoms with Crippen molar-refractivity contribution in [2.75, 3.05) is 19.5 Å². The van der Waals surface area contributed by atoms with Crippen LogP contribution in [0.25, 0.3) is 10.9 Å². The molecule has 124 valence electrons. The Labute approximate surface area is 147 Å². The minimum Gasteiger partial charge on any atom is -0.497 e. The number of hydrogen-bond acceptors (Lipinski definition) is 4. The summed E-state index contributed by atoms with van der Waals surface area (Å²) in [7, 11) is 1.66. The number of para-hydroxylation sites is 1. The SMILES string of the molecule is COc1ccc(OCCSc2cc(C)c3cccc(C)c3n2)cc1. The van der Waals surface area contributed by atoms with Gasteiger partial charge in [-0.1, -0.05) is 18.2 Å². The molecule has 3 nitrogen and oxygen atoms in total. The summed E-state index contributed by atoms with van der Waals surface area (Å²) in [5, 5.41) is 2.28. The molecule has 0 atom stereocenters. The van der Waals surface area contributed by atoms with Crippen LogP contribution in [0.5, 0.6) is 11.5 Å². The molecule has 0 saturated carbocycles. The highest BCUT2D eigenvalue weighted by molar-refractivity contribution is 7.99. The van der Waals surface area contributed by atoms with Crippen LogP contribution >= 0.6 is 11.8 Å². The van der Waals surface area contributed by atoms with Gasteiger partial charge in [0.05, 0.1) is 24.3 Å². The first-order chi connectivity index (χ1) is 11.7. The predicted octanol–water partition coefficient (Wildman–Crippen LogP) is 5.03. The van der Waals surface area contributed by atoms with Gasteiger partial charge < -0.3 is 9.47 Å². The number of thioether (sulfide) groups is 1. The Balaban J connectivity index is 1.60. The van der Waals surface area contributed by atoms with Gasteiger partial charge in [-0.3, -0.25) is 0 Å². The number of hydrogen-bond donors (Lipinski definition) is 0. The molecule has 2 aromatic carbocycles. The van der Waals surface area contributed by atoms with E-state index in [2.05, 4.69) is 38.1 Å². The van der Waals surface area contributed by atoms with Crippen LogP contribution < -0.4 is 9.47 Å². The summed E-state index contributed by atoms with van der Waals surface area (Å²) in [4.78, 5) is 4.79. The van der Waals surface area contributed by atoms with Crippen molar-refractivity contribution in [3.05, 3.63) is 59.7 Å². The first kappa shape index (κ1) is 16.7. The van der Waals surface area contributed by atoms with E-state index in [4.69, 9.17) is 14.5 Å². The second-order valence-corrected chi connectivity index (χ2v) is 6.74. The molecule has 0 aliphatic rings. The number of rotatable bonds is 6. The molecule has 0 N–H and O–H groups in total. The van der Waals surface area contributed by atoms with Gasteiger partial charge in [-0.05, 0) is 55.3 Å². The summed E-state index contributed by atoms with van der Waals surface area (Å²) in [5.74, 6) is 2.55. The van der Waals surface area contributed by atoms with Gasteiger partial charge in [-0.15, -0.1) is 11.8 Å². The zero-order chi connectivity index (χ0) is 16.9. The second kappa shape index (κ2) is 7.58. The largest absolute Gasteiger partial charge is 0.497 e. The maximum Gasteiger partial charge on any atom is 0.119 e. The van der Waals surface area contributed by atoms with Crippen molar-refractivity contribution in [1.82, 2.24) is 4.98 Å². The topological polar surface area (TPSA) is 31.4 Å². The van der Waals surface area contributed by atoms with Crippen molar-refractivity contribution < 1.29 is 9.47 Å². The minimum atomic E-state index is 0.642. The number of aryl methyl sites for hydroxylation is 2. The molecule has 4 heteroatoms. The van der Waals surface area contributed by atoms with Gasteiger partial charge in [-0.25, -0.2) is 4.98 Å². The van der Waals surface area contributed by atoms with E-state index in [1.54, 1.807) is 18.9 Å². The third-order valence-electron chi connectivity index (χ3n) is 3.89. The molecule has 1 aromatic heterocycles. The van der Waals surface area contributed by atoms with Gasteiger partial charge in [0.25, 0.3) is 0 Å². The summed E-state index contributed by atoms with van der Waals surface area (Å²) in [5.41, 5.74) is 3.57. The molecule has 0 saturated heterocycles. The molecule has 0 radical (unpaired) electrons. The van der Waals surface area contributed by atoms with E-state index in [0.717, 1.165) is 27.8 Å². The summed E-state index contributed by atoms with van der Waals surface area (Å²) < 4.78 is 10.9. The van der Waals surface area contributed by atoms with E-state index >= 15 is 0 Å². The van der Waals surface area contributed by atoms with Crippen molar-refractivity contribution in [1.29, 1.82) is 0 Å². The fourth-order valence-electron chi connectivity index (χ4n) is 2.58. The molecular weight excluding hydrogens is 318 g/mol. The second-order valence-electron chi connectivity index (χ2n) is 5.62. The van der Waals surface area contributed by atoms with Gasteiger partial charge in [0.1, 0.15) is 11.5 Å². The van der Waals surface area contributed by atoms with Crippen LogP contribution in [-0.4, -0.2) is 24.5 Å². The summed E-state index contributed by atoms with van der Waals surface area (Å²) >= 11 is 1.72. The molecular formula is C20H21NO2S. The van der Waals surface area contributed by atoms with E-state index in [1.165, 1.54) is 16.5 Å². The molecule has 0 aliphatic carbocycles. The van der Waals surface area contributed by atoms with Crippen LogP contribution in [0.1, 0.15) is 11.1 Å². The summed E-state index contributed by atoms with van der Waals surface area (Å²) in [6.45, 7) is 4.89. The van der Waals surface area contributed by atoms with Crippen LogP contribution in [0, 0.1) is 13.8 Å². The van der Waals surface area contributed by atoms with E-state index in [9.17, 15) is 0 Å². The lowest BCUT2D eigenvalue weighted by Crippen LogP contribution is -2.00. The molecule has 24 heavy (non-hydrogen) atoms. The number of pyridine rings is 1.